The molecule has 0 N–H and O–H groups in total. The first-order chi connectivity index (χ1) is 9.38. The summed E-state index contributed by atoms with van der Waals surface area (Å²) in [7, 11) is 0. The van der Waals surface area contributed by atoms with E-state index in [2.05, 4.69) is 25.8 Å². The molecule has 0 radical (unpaired) electrons. The van der Waals surface area contributed by atoms with Gasteiger partial charge in [-0.25, -0.2) is 9.78 Å². The molecular weight excluding hydrogens is 254 g/mol. The summed E-state index contributed by atoms with van der Waals surface area (Å²) < 4.78 is 11.1. The highest BCUT2D eigenvalue weighted by Gasteiger charge is 2.34. The van der Waals surface area contributed by atoms with E-state index in [0.717, 1.165) is 12.8 Å². The van der Waals surface area contributed by atoms with Crippen molar-refractivity contribution < 1.29 is 13.9 Å². The smallest absolute Gasteiger partial charge is 0.360 e. The van der Waals surface area contributed by atoms with Crippen LogP contribution in [0.5, 0.6) is 0 Å². The van der Waals surface area contributed by atoms with Crippen LogP contribution < -0.4 is 0 Å². The molecule has 0 amide bonds. The number of nitrogens with zero attached hydrogens (tertiary/aromatic N) is 1. The number of hydrogen-bond donors (Lipinski definition) is 0. The van der Waals surface area contributed by atoms with Gasteiger partial charge in [-0.2, -0.15) is 0 Å². The van der Waals surface area contributed by atoms with E-state index in [4.69, 9.17) is 9.15 Å². The normalized spacial score (nSPS) is 26.8. The van der Waals surface area contributed by atoms with E-state index in [1.807, 2.05) is 0 Å². The quantitative estimate of drug-likeness (QED) is 0.787. The Morgan fingerprint density at radius 3 is 2.60 bits per heavy atom. The van der Waals surface area contributed by atoms with Gasteiger partial charge >= 0.3 is 5.97 Å². The van der Waals surface area contributed by atoms with Crippen LogP contribution in [0.1, 0.15) is 62.2 Å². The number of rotatable bonds is 3. The molecule has 0 aliphatic heterocycles. The zero-order valence-electron chi connectivity index (χ0n) is 13.1. The van der Waals surface area contributed by atoms with Crippen LogP contribution in [0.2, 0.25) is 0 Å². The fraction of sp³-hybridized carbons (Fsp3) is 0.750. The van der Waals surface area contributed by atoms with Crippen LogP contribution in [0.25, 0.3) is 0 Å². The first kappa shape index (κ1) is 15.1. The number of esters is 1. The molecule has 1 fully saturated rings. The summed E-state index contributed by atoms with van der Waals surface area (Å²) in [6, 6.07) is 0. The molecule has 2 rings (SSSR count). The van der Waals surface area contributed by atoms with Crippen molar-refractivity contribution in [3.05, 3.63) is 17.3 Å². The number of carbonyl (C=O) groups excluding carboxylic acids is 1. The Bertz CT molecular complexity index is 478. The van der Waals surface area contributed by atoms with Crippen LogP contribution >= 0.6 is 0 Å². The topological polar surface area (TPSA) is 52.3 Å². The molecule has 3 atom stereocenters. The van der Waals surface area contributed by atoms with Crippen LogP contribution in [-0.4, -0.2) is 17.1 Å². The largest absolute Gasteiger partial charge is 0.457 e. The van der Waals surface area contributed by atoms with Gasteiger partial charge in [0.15, 0.2) is 11.6 Å². The van der Waals surface area contributed by atoms with Crippen molar-refractivity contribution in [2.45, 2.75) is 60.0 Å². The SMILES string of the molecule is Cc1nc(C(=O)O[C@H]2C[C@H](C)CC[C@@H]2C(C)C)c(C)o1. The third kappa shape index (κ3) is 3.22. The highest BCUT2D eigenvalue weighted by Crippen LogP contribution is 2.35. The molecule has 4 heteroatoms. The van der Waals surface area contributed by atoms with E-state index < -0.39 is 0 Å². The Hall–Kier alpha value is -1.32. The van der Waals surface area contributed by atoms with Gasteiger partial charge in [0.1, 0.15) is 11.9 Å². The van der Waals surface area contributed by atoms with Gasteiger partial charge in [-0.1, -0.05) is 27.2 Å². The van der Waals surface area contributed by atoms with E-state index in [1.54, 1.807) is 13.8 Å². The van der Waals surface area contributed by atoms with Crippen molar-refractivity contribution >= 4 is 5.97 Å². The molecule has 1 aliphatic carbocycles. The molecule has 0 aromatic carbocycles. The summed E-state index contributed by atoms with van der Waals surface area (Å²) in [5, 5.41) is 0. The summed E-state index contributed by atoms with van der Waals surface area (Å²) in [4.78, 5) is 16.4. The molecule has 1 aliphatic rings. The minimum absolute atomic E-state index is 0.00246. The first-order valence-corrected chi connectivity index (χ1v) is 7.53. The summed E-state index contributed by atoms with van der Waals surface area (Å²) >= 11 is 0. The lowest BCUT2D eigenvalue weighted by Crippen LogP contribution is -2.36. The number of aryl methyl sites for hydroxylation is 2. The van der Waals surface area contributed by atoms with Crippen LogP contribution in [0.4, 0.5) is 0 Å². The van der Waals surface area contributed by atoms with Crippen molar-refractivity contribution in [1.29, 1.82) is 0 Å². The summed E-state index contributed by atoms with van der Waals surface area (Å²) in [6.45, 7) is 10.1. The molecule has 1 aromatic rings. The monoisotopic (exact) mass is 279 g/mol. The lowest BCUT2D eigenvalue weighted by Gasteiger charge is -2.36. The zero-order chi connectivity index (χ0) is 14.9. The average Bonchev–Trinajstić information content (AvgIpc) is 2.68. The molecule has 1 aromatic heterocycles. The summed E-state index contributed by atoms with van der Waals surface area (Å²) in [6.07, 6.45) is 3.31. The van der Waals surface area contributed by atoms with Crippen LogP contribution in [0.15, 0.2) is 4.42 Å². The predicted molar refractivity (Wildman–Crippen MR) is 76.5 cm³/mol. The Labute approximate surface area is 120 Å². The zero-order valence-corrected chi connectivity index (χ0v) is 13.1. The van der Waals surface area contributed by atoms with Gasteiger partial charge in [-0.15, -0.1) is 0 Å². The second-order valence-electron chi connectivity index (χ2n) is 6.41. The van der Waals surface area contributed by atoms with E-state index in [0.29, 0.717) is 35.1 Å². The van der Waals surface area contributed by atoms with Crippen molar-refractivity contribution in [3.8, 4) is 0 Å². The van der Waals surface area contributed by atoms with Crippen molar-refractivity contribution in [2.24, 2.45) is 17.8 Å². The lowest BCUT2D eigenvalue weighted by molar-refractivity contribution is -0.0179. The molecule has 20 heavy (non-hydrogen) atoms. The fourth-order valence-electron chi connectivity index (χ4n) is 3.16. The second-order valence-corrected chi connectivity index (χ2v) is 6.41. The van der Waals surface area contributed by atoms with E-state index in [-0.39, 0.29) is 12.1 Å². The number of ether oxygens (including phenoxy) is 1. The highest BCUT2D eigenvalue weighted by molar-refractivity contribution is 5.88. The van der Waals surface area contributed by atoms with E-state index in [1.165, 1.54) is 6.42 Å². The van der Waals surface area contributed by atoms with Gasteiger partial charge in [0.05, 0.1) is 0 Å². The molecule has 4 nitrogen and oxygen atoms in total. The molecule has 0 spiro atoms. The number of carbonyl (C=O) groups is 1. The van der Waals surface area contributed by atoms with Gasteiger partial charge in [0.2, 0.25) is 0 Å². The maximum Gasteiger partial charge on any atom is 0.360 e. The van der Waals surface area contributed by atoms with Gasteiger partial charge in [-0.05, 0) is 37.5 Å². The number of oxazole rings is 1. The van der Waals surface area contributed by atoms with Gasteiger partial charge in [0.25, 0.3) is 0 Å². The summed E-state index contributed by atoms with van der Waals surface area (Å²) in [5.41, 5.74) is 0.322. The maximum absolute atomic E-state index is 12.3. The number of aromatic nitrogens is 1. The predicted octanol–water partition coefficient (Wildman–Crippen LogP) is 3.91. The molecule has 1 heterocycles. The Balaban J connectivity index is 2.10. The Morgan fingerprint density at radius 2 is 2.05 bits per heavy atom. The molecule has 0 bridgehead atoms. The minimum atomic E-state index is -0.343. The van der Waals surface area contributed by atoms with Gasteiger partial charge in [-0.3, -0.25) is 0 Å². The van der Waals surface area contributed by atoms with Crippen molar-refractivity contribution in [3.63, 3.8) is 0 Å². The van der Waals surface area contributed by atoms with Crippen LogP contribution in [-0.2, 0) is 4.74 Å². The standard InChI is InChI=1S/C16H25NO3/c1-9(2)13-7-6-10(3)8-14(13)20-16(18)15-11(4)19-12(5)17-15/h9-10,13-14H,6-8H2,1-5H3/t10-,13-,14+/m1/s1. The third-order valence-electron chi connectivity index (χ3n) is 4.32. The number of hydrogen-bond acceptors (Lipinski definition) is 4. The van der Waals surface area contributed by atoms with Crippen molar-refractivity contribution in [2.75, 3.05) is 0 Å². The van der Waals surface area contributed by atoms with E-state index in [9.17, 15) is 4.79 Å². The molecule has 112 valence electrons. The van der Waals surface area contributed by atoms with E-state index >= 15 is 0 Å². The summed E-state index contributed by atoms with van der Waals surface area (Å²) in [5.74, 6) is 2.29. The molecule has 0 unspecified atom stereocenters. The highest BCUT2D eigenvalue weighted by atomic mass is 16.5. The van der Waals surface area contributed by atoms with Gasteiger partial charge < -0.3 is 9.15 Å². The average molecular weight is 279 g/mol. The molecule has 1 saturated carbocycles. The lowest BCUT2D eigenvalue weighted by atomic mass is 9.75. The Morgan fingerprint density at radius 1 is 1.35 bits per heavy atom. The Kier molecular flexibility index (Phi) is 4.51. The minimum Gasteiger partial charge on any atom is -0.457 e. The molecular formula is C16H25NO3. The van der Waals surface area contributed by atoms with Crippen LogP contribution in [0.3, 0.4) is 0 Å². The molecule has 0 saturated heterocycles. The van der Waals surface area contributed by atoms with Crippen LogP contribution in [0, 0.1) is 31.6 Å². The first-order valence-electron chi connectivity index (χ1n) is 7.53. The van der Waals surface area contributed by atoms with Crippen molar-refractivity contribution in [1.82, 2.24) is 4.98 Å². The fourth-order valence-corrected chi connectivity index (χ4v) is 3.16. The maximum atomic E-state index is 12.3. The third-order valence-corrected chi connectivity index (χ3v) is 4.32. The van der Waals surface area contributed by atoms with Gasteiger partial charge in [0, 0.05) is 6.92 Å². The second kappa shape index (κ2) is 5.98.